The van der Waals surface area contributed by atoms with Crippen molar-refractivity contribution in [3.05, 3.63) is 35.7 Å². The van der Waals surface area contributed by atoms with E-state index < -0.39 is 0 Å². The lowest BCUT2D eigenvalue weighted by molar-refractivity contribution is -0.118. The molecule has 1 aromatic carbocycles. The summed E-state index contributed by atoms with van der Waals surface area (Å²) in [4.78, 5) is 20.3. The molecule has 1 aliphatic heterocycles. The Balaban J connectivity index is 1.38. The third kappa shape index (κ3) is 6.29. The Labute approximate surface area is 176 Å². The Bertz CT molecular complexity index is 756. The number of rotatable bonds is 10. The molecule has 0 aliphatic carbocycles. The number of aryl methyl sites for hydroxylation is 1. The first-order valence-corrected chi connectivity index (χ1v) is 12.2. The van der Waals surface area contributed by atoms with E-state index >= 15 is 0 Å². The number of nitrogens with one attached hydrogen (secondary N) is 1. The number of carbonyl (C=O) groups is 1. The number of hydrogen-bond donors (Lipinski definition) is 1. The summed E-state index contributed by atoms with van der Waals surface area (Å²) < 4.78 is 5.82. The number of benzene rings is 1. The van der Waals surface area contributed by atoms with Gasteiger partial charge in [-0.25, -0.2) is 4.98 Å². The van der Waals surface area contributed by atoms with Crippen LogP contribution in [0.15, 0.2) is 33.6 Å². The molecule has 1 aliphatic rings. The molecule has 2 heterocycles. The second kappa shape index (κ2) is 10.9. The van der Waals surface area contributed by atoms with Gasteiger partial charge in [0.1, 0.15) is 5.76 Å². The number of hydrogen-bond acceptors (Lipinski definition) is 6. The van der Waals surface area contributed by atoms with Gasteiger partial charge in [0.2, 0.25) is 11.8 Å². The molecule has 1 saturated heterocycles. The smallest absolute Gasteiger partial charge is 0.230 e. The van der Waals surface area contributed by atoms with Gasteiger partial charge in [-0.05, 0) is 76.3 Å². The molecule has 28 heavy (non-hydrogen) atoms. The lowest BCUT2D eigenvalue weighted by Crippen LogP contribution is -2.29. The third-order valence-corrected chi connectivity index (χ3v) is 6.56. The van der Waals surface area contributed by atoms with E-state index in [2.05, 4.69) is 33.6 Å². The van der Waals surface area contributed by atoms with Crippen LogP contribution in [-0.4, -0.2) is 54.0 Å². The van der Waals surface area contributed by atoms with Gasteiger partial charge in [0, 0.05) is 22.8 Å². The van der Waals surface area contributed by atoms with Crippen LogP contribution < -0.4 is 5.32 Å². The molecule has 5 nitrogen and oxygen atoms in total. The van der Waals surface area contributed by atoms with Crippen LogP contribution >= 0.6 is 23.5 Å². The van der Waals surface area contributed by atoms with Crippen molar-refractivity contribution in [2.24, 2.45) is 0 Å². The van der Waals surface area contributed by atoms with E-state index in [9.17, 15) is 4.79 Å². The summed E-state index contributed by atoms with van der Waals surface area (Å²) in [6.07, 6.45) is 5.71. The van der Waals surface area contributed by atoms with Gasteiger partial charge >= 0.3 is 0 Å². The van der Waals surface area contributed by atoms with E-state index in [1.807, 2.05) is 19.1 Å². The molecule has 0 radical (unpaired) electrons. The maximum atomic E-state index is 12.0. The third-order valence-electron chi connectivity index (χ3n) is 4.87. The van der Waals surface area contributed by atoms with Crippen molar-refractivity contribution in [1.82, 2.24) is 15.2 Å². The van der Waals surface area contributed by atoms with Crippen LogP contribution in [0.2, 0.25) is 0 Å². The SMILES string of the molecule is CSc1ccc(-c2nc(CSCC(=O)NCCCN3CCCC3)c(C)o2)cc1. The summed E-state index contributed by atoms with van der Waals surface area (Å²) in [5.74, 6) is 2.70. The molecule has 7 heteroatoms. The molecule has 1 amide bonds. The van der Waals surface area contributed by atoms with E-state index in [4.69, 9.17) is 4.42 Å². The maximum absolute atomic E-state index is 12.0. The van der Waals surface area contributed by atoms with Crippen molar-refractivity contribution in [3.63, 3.8) is 0 Å². The van der Waals surface area contributed by atoms with Gasteiger partial charge < -0.3 is 14.6 Å². The molecule has 2 aromatic rings. The van der Waals surface area contributed by atoms with Crippen molar-refractivity contribution < 1.29 is 9.21 Å². The van der Waals surface area contributed by atoms with E-state index in [1.165, 1.54) is 30.8 Å². The summed E-state index contributed by atoms with van der Waals surface area (Å²) in [6.45, 7) is 6.21. The van der Waals surface area contributed by atoms with Crippen LogP contribution in [0.4, 0.5) is 0 Å². The summed E-state index contributed by atoms with van der Waals surface area (Å²) >= 11 is 3.29. The van der Waals surface area contributed by atoms with Gasteiger partial charge in [-0.2, -0.15) is 0 Å². The normalized spacial score (nSPS) is 14.5. The molecule has 0 saturated carbocycles. The van der Waals surface area contributed by atoms with Crippen LogP contribution in [0.1, 0.15) is 30.7 Å². The molecular weight excluding hydrogens is 390 g/mol. The van der Waals surface area contributed by atoms with Gasteiger partial charge in [-0.3, -0.25) is 4.79 Å². The highest BCUT2D eigenvalue weighted by Crippen LogP contribution is 2.26. The quantitative estimate of drug-likeness (QED) is 0.460. The molecule has 1 N–H and O–H groups in total. The van der Waals surface area contributed by atoms with Crippen molar-refractivity contribution in [2.75, 3.05) is 38.2 Å². The average molecular weight is 420 g/mol. The summed E-state index contributed by atoms with van der Waals surface area (Å²) in [6, 6.07) is 8.21. The Kier molecular flexibility index (Phi) is 8.30. The molecule has 0 spiro atoms. The number of nitrogens with zero attached hydrogens (tertiary/aromatic N) is 2. The average Bonchev–Trinajstić information content (AvgIpc) is 3.35. The van der Waals surface area contributed by atoms with Crippen molar-refractivity contribution >= 4 is 29.4 Å². The first-order chi connectivity index (χ1) is 13.7. The number of carbonyl (C=O) groups excluding carboxylic acids is 1. The fourth-order valence-electron chi connectivity index (χ4n) is 3.25. The Morgan fingerprint density at radius 1 is 1.25 bits per heavy atom. The van der Waals surface area contributed by atoms with Crippen LogP contribution in [-0.2, 0) is 10.5 Å². The van der Waals surface area contributed by atoms with E-state index in [-0.39, 0.29) is 5.91 Å². The highest BCUT2D eigenvalue weighted by Gasteiger charge is 2.13. The van der Waals surface area contributed by atoms with Crippen molar-refractivity contribution in [1.29, 1.82) is 0 Å². The van der Waals surface area contributed by atoms with Crippen molar-refractivity contribution in [3.8, 4) is 11.5 Å². The monoisotopic (exact) mass is 419 g/mol. The van der Waals surface area contributed by atoms with Crippen LogP contribution in [0.25, 0.3) is 11.5 Å². The summed E-state index contributed by atoms with van der Waals surface area (Å²) in [5, 5.41) is 3.02. The standard InChI is InChI=1S/C21H29N3O2S2/c1-16-19(23-21(26-16)17-6-8-18(27-2)9-7-17)14-28-15-20(25)22-10-5-13-24-11-3-4-12-24/h6-9H,3-5,10-15H2,1-2H3,(H,22,25). The molecule has 152 valence electrons. The second-order valence-corrected chi connectivity index (χ2v) is 8.86. The summed E-state index contributed by atoms with van der Waals surface area (Å²) in [5.41, 5.74) is 1.89. The predicted octanol–water partition coefficient (Wildman–Crippen LogP) is 4.21. The van der Waals surface area contributed by atoms with E-state index in [0.717, 1.165) is 36.5 Å². The zero-order valence-corrected chi connectivity index (χ0v) is 18.3. The number of aromatic nitrogens is 1. The topological polar surface area (TPSA) is 58.4 Å². The van der Waals surface area contributed by atoms with E-state index in [0.29, 0.717) is 17.4 Å². The van der Waals surface area contributed by atoms with Gasteiger partial charge in [0.15, 0.2) is 0 Å². The number of oxazole rings is 1. The Hall–Kier alpha value is -1.44. The molecular formula is C21H29N3O2S2. The van der Waals surface area contributed by atoms with Gasteiger partial charge in [0.05, 0.1) is 11.4 Å². The maximum Gasteiger partial charge on any atom is 0.230 e. The van der Waals surface area contributed by atoms with Crippen molar-refractivity contribution in [2.45, 2.75) is 36.8 Å². The summed E-state index contributed by atoms with van der Waals surface area (Å²) in [7, 11) is 0. The largest absolute Gasteiger partial charge is 0.441 e. The first kappa shape index (κ1) is 21.3. The highest BCUT2D eigenvalue weighted by atomic mass is 32.2. The van der Waals surface area contributed by atoms with E-state index in [1.54, 1.807) is 23.5 Å². The number of thioether (sulfide) groups is 2. The van der Waals surface area contributed by atoms with Gasteiger partial charge in [-0.15, -0.1) is 23.5 Å². The molecule has 0 unspecified atom stereocenters. The molecule has 3 rings (SSSR count). The molecule has 1 fully saturated rings. The lowest BCUT2D eigenvalue weighted by atomic mass is 10.2. The van der Waals surface area contributed by atoms with Gasteiger partial charge in [-0.1, -0.05) is 0 Å². The zero-order valence-electron chi connectivity index (χ0n) is 16.7. The lowest BCUT2D eigenvalue weighted by Gasteiger charge is -2.14. The zero-order chi connectivity index (χ0) is 19.8. The van der Waals surface area contributed by atoms with Gasteiger partial charge in [0.25, 0.3) is 0 Å². The minimum Gasteiger partial charge on any atom is -0.441 e. The Morgan fingerprint density at radius 2 is 2.00 bits per heavy atom. The minimum absolute atomic E-state index is 0.0976. The predicted molar refractivity (Wildman–Crippen MR) is 118 cm³/mol. The minimum atomic E-state index is 0.0976. The molecule has 1 aromatic heterocycles. The van der Waals surface area contributed by atoms with Crippen LogP contribution in [0.3, 0.4) is 0 Å². The highest BCUT2D eigenvalue weighted by molar-refractivity contribution is 7.99. The molecule has 0 atom stereocenters. The fraction of sp³-hybridized carbons (Fsp3) is 0.524. The number of amides is 1. The molecule has 0 bridgehead atoms. The second-order valence-electron chi connectivity index (χ2n) is 7.00. The van der Waals surface area contributed by atoms with Crippen LogP contribution in [0, 0.1) is 6.92 Å². The fourth-order valence-corrected chi connectivity index (χ4v) is 4.51. The first-order valence-electron chi connectivity index (χ1n) is 9.83. The van der Waals surface area contributed by atoms with Crippen LogP contribution in [0.5, 0.6) is 0 Å². The number of likely N-dealkylation sites (tertiary alicyclic amines) is 1. The Morgan fingerprint density at radius 3 is 2.71 bits per heavy atom.